The van der Waals surface area contributed by atoms with Crippen molar-refractivity contribution in [2.75, 3.05) is 0 Å². The molecule has 1 unspecified atom stereocenters. The Hall–Kier alpha value is -1.19. The molecule has 1 N–H and O–H groups in total. The number of benzene rings is 2. The Morgan fingerprint density at radius 2 is 1.89 bits per heavy atom. The van der Waals surface area contributed by atoms with Crippen LogP contribution >= 0.6 is 15.9 Å². The van der Waals surface area contributed by atoms with Gasteiger partial charge in [-0.3, -0.25) is 0 Å². The minimum Gasteiger partial charge on any atom is -0.388 e. The van der Waals surface area contributed by atoms with Gasteiger partial charge in [-0.15, -0.1) is 0 Å². The summed E-state index contributed by atoms with van der Waals surface area (Å²) < 4.78 is 13.8. The zero-order chi connectivity index (χ0) is 13.1. The Labute approximate surface area is 114 Å². The van der Waals surface area contributed by atoms with Gasteiger partial charge in [0.15, 0.2) is 0 Å². The lowest BCUT2D eigenvalue weighted by atomic mass is 9.98. The number of hydrogen-bond acceptors (Lipinski definition) is 1. The van der Waals surface area contributed by atoms with E-state index < -0.39 is 6.10 Å². The molecule has 2 aromatic rings. The average Bonchev–Trinajstić information content (AvgIpc) is 2.35. The minimum absolute atomic E-state index is 0.301. The van der Waals surface area contributed by atoms with Crippen LogP contribution in [0, 0.1) is 12.7 Å². The summed E-state index contributed by atoms with van der Waals surface area (Å²) in [6.07, 6.45) is -0.229. The molecule has 2 aromatic carbocycles. The van der Waals surface area contributed by atoms with Crippen molar-refractivity contribution in [3.63, 3.8) is 0 Å². The van der Waals surface area contributed by atoms with Crippen LogP contribution in [0.2, 0.25) is 0 Å². The summed E-state index contributed by atoms with van der Waals surface area (Å²) in [5.41, 5.74) is 2.69. The van der Waals surface area contributed by atoms with E-state index >= 15 is 0 Å². The zero-order valence-corrected chi connectivity index (χ0v) is 11.6. The summed E-state index contributed by atoms with van der Waals surface area (Å²) in [5.74, 6) is -0.301. The summed E-state index contributed by atoms with van der Waals surface area (Å²) >= 11 is 3.21. The number of hydrogen-bond donors (Lipinski definition) is 1. The van der Waals surface area contributed by atoms with Crippen molar-refractivity contribution in [3.05, 3.63) is 69.4 Å². The molecule has 3 heteroatoms. The van der Waals surface area contributed by atoms with Crippen LogP contribution in [0.15, 0.2) is 46.9 Å². The number of aliphatic hydroxyl groups excluding tert-OH is 1. The van der Waals surface area contributed by atoms with Gasteiger partial charge in [-0.05, 0) is 45.6 Å². The van der Waals surface area contributed by atoms with Crippen molar-refractivity contribution in [3.8, 4) is 0 Å². The van der Waals surface area contributed by atoms with Crippen LogP contribution in [-0.2, 0) is 6.42 Å². The van der Waals surface area contributed by atoms with Crippen molar-refractivity contribution >= 4 is 15.9 Å². The fourth-order valence-electron chi connectivity index (χ4n) is 1.99. The molecule has 1 atom stereocenters. The molecule has 0 aliphatic rings. The monoisotopic (exact) mass is 308 g/mol. The van der Waals surface area contributed by atoms with Gasteiger partial charge in [0.05, 0.1) is 10.6 Å². The maximum Gasteiger partial charge on any atom is 0.137 e. The second-order valence-corrected chi connectivity index (χ2v) is 5.08. The average molecular weight is 309 g/mol. The van der Waals surface area contributed by atoms with E-state index in [-0.39, 0.29) is 5.82 Å². The number of halogens is 2. The third kappa shape index (κ3) is 2.79. The van der Waals surface area contributed by atoms with Gasteiger partial charge in [-0.1, -0.05) is 36.4 Å². The molecular formula is C15H14BrFO. The Balaban J connectivity index is 2.24. The highest BCUT2D eigenvalue weighted by Crippen LogP contribution is 2.27. The minimum atomic E-state index is -0.621. The van der Waals surface area contributed by atoms with Crippen LogP contribution in [0.1, 0.15) is 22.8 Å². The molecule has 94 valence electrons. The third-order valence-electron chi connectivity index (χ3n) is 2.99. The van der Waals surface area contributed by atoms with E-state index in [9.17, 15) is 9.50 Å². The zero-order valence-electron chi connectivity index (χ0n) is 10.0. The highest BCUT2D eigenvalue weighted by molar-refractivity contribution is 9.10. The van der Waals surface area contributed by atoms with Gasteiger partial charge in [0, 0.05) is 6.42 Å². The van der Waals surface area contributed by atoms with Gasteiger partial charge in [0.2, 0.25) is 0 Å². The second-order valence-electron chi connectivity index (χ2n) is 4.29. The molecule has 0 spiro atoms. The van der Waals surface area contributed by atoms with E-state index in [2.05, 4.69) is 15.9 Å². The van der Waals surface area contributed by atoms with Crippen molar-refractivity contribution in [2.45, 2.75) is 19.4 Å². The van der Waals surface area contributed by atoms with Gasteiger partial charge in [0.1, 0.15) is 5.82 Å². The molecule has 0 bridgehead atoms. The summed E-state index contributed by atoms with van der Waals surface area (Å²) in [6.45, 7) is 1.96. The SMILES string of the molecule is Cc1ccccc1C(O)Cc1cccc(F)c1Br. The maximum absolute atomic E-state index is 13.4. The molecule has 0 heterocycles. The fraction of sp³-hybridized carbons (Fsp3) is 0.200. The smallest absolute Gasteiger partial charge is 0.137 e. The van der Waals surface area contributed by atoms with Crippen molar-refractivity contribution in [1.29, 1.82) is 0 Å². The molecule has 0 aromatic heterocycles. The predicted molar refractivity (Wildman–Crippen MR) is 73.9 cm³/mol. The lowest BCUT2D eigenvalue weighted by Gasteiger charge is -2.14. The van der Waals surface area contributed by atoms with Gasteiger partial charge >= 0.3 is 0 Å². The molecule has 18 heavy (non-hydrogen) atoms. The maximum atomic E-state index is 13.4. The first kappa shape index (κ1) is 13.2. The second kappa shape index (κ2) is 5.63. The first-order valence-electron chi connectivity index (χ1n) is 5.76. The molecule has 0 saturated heterocycles. The van der Waals surface area contributed by atoms with Crippen LogP contribution in [0.4, 0.5) is 4.39 Å². The molecule has 0 radical (unpaired) electrons. The molecule has 0 aliphatic carbocycles. The standard InChI is InChI=1S/C15H14BrFO/c1-10-5-2-3-7-12(10)14(18)9-11-6-4-8-13(17)15(11)16/h2-8,14,18H,9H2,1H3. The van der Waals surface area contributed by atoms with Crippen LogP contribution in [-0.4, -0.2) is 5.11 Å². The first-order chi connectivity index (χ1) is 8.59. The highest BCUT2D eigenvalue weighted by atomic mass is 79.9. The van der Waals surface area contributed by atoms with E-state index in [4.69, 9.17) is 0 Å². The quantitative estimate of drug-likeness (QED) is 0.902. The molecule has 1 nitrogen and oxygen atoms in total. The molecule has 0 amide bonds. The molecular weight excluding hydrogens is 295 g/mol. The molecule has 2 rings (SSSR count). The van der Waals surface area contributed by atoms with Crippen LogP contribution < -0.4 is 0 Å². The molecule has 0 fully saturated rings. The Bertz CT molecular complexity index is 554. The number of aryl methyl sites for hydroxylation is 1. The van der Waals surface area contributed by atoms with Crippen LogP contribution in [0.25, 0.3) is 0 Å². The van der Waals surface area contributed by atoms with E-state index in [0.717, 1.165) is 16.7 Å². The third-order valence-corrected chi connectivity index (χ3v) is 3.88. The molecule has 0 saturated carbocycles. The summed E-state index contributed by atoms with van der Waals surface area (Å²) in [4.78, 5) is 0. The highest BCUT2D eigenvalue weighted by Gasteiger charge is 2.13. The Morgan fingerprint density at radius 3 is 2.61 bits per heavy atom. The van der Waals surface area contributed by atoms with E-state index in [0.29, 0.717) is 10.9 Å². The summed E-state index contributed by atoms with van der Waals surface area (Å²) in [7, 11) is 0. The van der Waals surface area contributed by atoms with Crippen LogP contribution in [0.5, 0.6) is 0 Å². The topological polar surface area (TPSA) is 20.2 Å². The predicted octanol–water partition coefficient (Wildman–Crippen LogP) is 4.17. The number of aliphatic hydroxyl groups is 1. The Morgan fingerprint density at radius 1 is 1.17 bits per heavy atom. The lowest BCUT2D eigenvalue weighted by Crippen LogP contribution is -2.04. The Kier molecular flexibility index (Phi) is 4.15. The van der Waals surface area contributed by atoms with Crippen molar-refractivity contribution in [1.82, 2.24) is 0 Å². The van der Waals surface area contributed by atoms with Crippen molar-refractivity contribution in [2.24, 2.45) is 0 Å². The summed E-state index contributed by atoms with van der Waals surface area (Å²) in [5, 5.41) is 10.2. The van der Waals surface area contributed by atoms with Gasteiger partial charge in [0.25, 0.3) is 0 Å². The van der Waals surface area contributed by atoms with E-state index in [1.807, 2.05) is 37.3 Å². The van der Waals surface area contributed by atoms with Crippen molar-refractivity contribution < 1.29 is 9.50 Å². The molecule has 0 aliphatic heterocycles. The largest absolute Gasteiger partial charge is 0.388 e. The summed E-state index contributed by atoms with van der Waals surface area (Å²) in [6, 6.07) is 12.5. The van der Waals surface area contributed by atoms with E-state index in [1.165, 1.54) is 6.07 Å². The van der Waals surface area contributed by atoms with Crippen LogP contribution in [0.3, 0.4) is 0 Å². The van der Waals surface area contributed by atoms with Gasteiger partial charge in [-0.25, -0.2) is 4.39 Å². The van der Waals surface area contributed by atoms with Gasteiger partial charge < -0.3 is 5.11 Å². The first-order valence-corrected chi connectivity index (χ1v) is 6.55. The van der Waals surface area contributed by atoms with Gasteiger partial charge in [-0.2, -0.15) is 0 Å². The lowest BCUT2D eigenvalue weighted by molar-refractivity contribution is 0.177. The fourth-order valence-corrected chi connectivity index (χ4v) is 2.41. The van der Waals surface area contributed by atoms with E-state index in [1.54, 1.807) is 6.07 Å². The number of rotatable bonds is 3. The normalized spacial score (nSPS) is 12.4.